The van der Waals surface area contributed by atoms with Crippen LogP contribution in [0.15, 0.2) is 26.9 Å². The molecule has 0 saturated heterocycles. The van der Waals surface area contributed by atoms with Crippen molar-refractivity contribution in [1.29, 1.82) is 0 Å². The molecule has 2 aromatic rings. The number of likely N-dealkylation sites (N-methyl/N-ethyl adjacent to an activating group) is 1. The molecule has 0 spiro atoms. The van der Waals surface area contributed by atoms with Gasteiger partial charge in [-0.3, -0.25) is 4.79 Å². The Hall–Kier alpha value is -1.15. The SMILES string of the molecule is CCNC1C(=O)Nc2cc(Sc3nncs3)c(Cl)cc21. The molecular weight excluding hydrogens is 316 g/mol. The average Bonchev–Trinajstić information content (AvgIpc) is 3.01. The highest BCUT2D eigenvalue weighted by atomic mass is 35.5. The first-order chi connectivity index (χ1) is 9.69. The van der Waals surface area contributed by atoms with Crippen molar-refractivity contribution in [2.24, 2.45) is 0 Å². The number of hydrogen-bond donors (Lipinski definition) is 2. The van der Waals surface area contributed by atoms with Gasteiger partial charge in [0.15, 0.2) is 4.34 Å². The van der Waals surface area contributed by atoms with Gasteiger partial charge in [-0.25, -0.2) is 0 Å². The lowest BCUT2D eigenvalue weighted by Gasteiger charge is -2.10. The zero-order valence-corrected chi connectivity index (χ0v) is 12.9. The van der Waals surface area contributed by atoms with Crippen LogP contribution in [0.4, 0.5) is 5.69 Å². The molecule has 2 heterocycles. The zero-order valence-electron chi connectivity index (χ0n) is 10.5. The fraction of sp³-hybridized carbons (Fsp3) is 0.250. The van der Waals surface area contributed by atoms with Gasteiger partial charge in [0.1, 0.15) is 11.6 Å². The van der Waals surface area contributed by atoms with Crippen molar-refractivity contribution in [3.8, 4) is 0 Å². The minimum atomic E-state index is -0.326. The normalized spacial score (nSPS) is 17.1. The molecule has 1 aromatic heterocycles. The number of carbonyl (C=O) groups excluding carboxylic acids is 1. The van der Waals surface area contributed by atoms with Crippen LogP contribution in [0.5, 0.6) is 0 Å². The summed E-state index contributed by atoms with van der Waals surface area (Å²) in [6.07, 6.45) is 0. The molecule has 0 saturated carbocycles. The molecule has 0 radical (unpaired) electrons. The fourth-order valence-corrected chi connectivity index (χ4v) is 3.82. The average molecular weight is 327 g/mol. The number of rotatable bonds is 4. The van der Waals surface area contributed by atoms with Crippen molar-refractivity contribution in [1.82, 2.24) is 15.5 Å². The molecule has 0 bridgehead atoms. The lowest BCUT2D eigenvalue weighted by atomic mass is 10.1. The summed E-state index contributed by atoms with van der Waals surface area (Å²) >= 11 is 9.20. The predicted octanol–water partition coefficient (Wildman–Crippen LogP) is 2.95. The van der Waals surface area contributed by atoms with Crippen LogP contribution < -0.4 is 10.6 Å². The molecule has 2 N–H and O–H groups in total. The smallest absolute Gasteiger partial charge is 0.246 e. The lowest BCUT2D eigenvalue weighted by Crippen LogP contribution is -2.27. The number of amides is 1. The number of aromatic nitrogens is 2. The summed E-state index contributed by atoms with van der Waals surface area (Å²) in [7, 11) is 0. The molecule has 1 aliphatic heterocycles. The summed E-state index contributed by atoms with van der Waals surface area (Å²) in [5.41, 5.74) is 3.37. The molecule has 5 nitrogen and oxygen atoms in total. The molecule has 1 unspecified atom stereocenters. The van der Waals surface area contributed by atoms with Gasteiger partial charge < -0.3 is 10.6 Å². The Morgan fingerprint density at radius 2 is 2.40 bits per heavy atom. The standard InChI is InChI=1S/C12H11ClN4OS2/c1-2-14-10-6-3-7(13)9(4-8(6)16-11(10)18)20-12-17-15-5-19-12/h3-5,10,14H,2H2,1H3,(H,16,18). The van der Waals surface area contributed by atoms with E-state index < -0.39 is 0 Å². The van der Waals surface area contributed by atoms with Crippen LogP contribution in [-0.2, 0) is 4.79 Å². The van der Waals surface area contributed by atoms with Crippen LogP contribution in [0, 0.1) is 0 Å². The number of fused-ring (bicyclic) bond motifs is 1. The van der Waals surface area contributed by atoms with Gasteiger partial charge in [-0.1, -0.05) is 41.6 Å². The molecule has 104 valence electrons. The van der Waals surface area contributed by atoms with Crippen molar-refractivity contribution < 1.29 is 4.79 Å². The van der Waals surface area contributed by atoms with Crippen LogP contribution >= 0.6 is 34.7 Å². The lowest BCUT2D eigenvalue weighted by molar-refractivity contribution is -0.117. The molecule has 0 fully saturated rings. The molecule has 20 heavy (non-hydrogen) atoms. The molecule has 1 aromatic carbocycles. The first-order valence-corrected chi connectivity index (χ1v) is 8.08. The molecule has 0 aliphatic carbocycles. The summed E-state index contributed by atoms with van der Waals surface area (Å²) < 4.78 is 0.819. The maximum atomic E-state index is 11.9. The predicted molar refractivity (Wildman–Crippen MR) is 80.5 cm³/mol. The Morgan fingerprint density at radius 1 is 1.55 bits per heavy atom. The molecule has 1 amide bonds. The second-order valence-electron chi connectivity index (χ2n) is 4.16. The third-order valence-electron chi connectivity index (χ3n) is 2.88. The highest BCUT2D eigenvalue weighted by Crippen LogP contribution is 2.41. The molecule has 1 atom stereocenters. The summed E-state index contributed by atoms with van der Waals surface area (Å²) in [6, 6.07) is 3.40. The number of anilines is 1. The second-order valence-corrected chi connectivity index (χ2v) is 6.69. The largest absolute Gasteiger partial charge is 0.324 e. The van der Waals surface area contributed by atoms with Crippen LogP contribution in [0.2, 0.25) is 5.02 Å². The minimum Gasteiger partial charge on any atom is -0.324 e. The Kier molecular flexibility index (Phi) is 3.93. The van der Waals surface area contributed by atoms with Crippen molar-refractivity contribution in [3.63, 3.8) is 0 Å². The number of hydrogen-bond acceptors (Lipinski definition) is 6. The van der Waals surface area contributed by atoms with Gasteiger partial charge in [0.2, 0.25) is 5.91 Å². The van der Waals surface area contributed by atoms with E-state index in [1.807, 2.05) is 19.1 Å². The zero-order chi connectivity index (χ0) is 14.1. The molecule has 1 aliphatic rings. The summed E-state index contributed by atoms with van der Waals surface area (Å²) in [5, 5.41) is 14.4. The van der Waals surface area contributed by atoms with E-state index in [0.717, 1.165) is 27.0 Å². The first-order valence-electron chi connectivity index (χ1n) is 6.00. The van der Waals surface area contributed by atoms with Gasteiger partial charge in [0.05, 0.1) is 5.02 Å². The number of nitrogens with zero attached hydrogens (tertiary/aromatic N) is 2. The van der Waals surface area contributed by atoms with Crippen LogP contribution in [0.1, 0.15) is 18.5 Å². The van der Waals surface area contributed by atoms with Crippen molar-refractivity contribution in [2.45, 2.75) is 22.2 Å². The third-order valence-corrected chi connectivity index (χ3v) is 5.14. The van der Waals surface area contributed by atoms with Gasteiger partial charge in [0.25, 0.3) is 0 Å². The van der Waals surface area contributed by atoms with E-state index in [0.29, 0.717) is 5.02 Å². The Balaban J connectivity index is 1.93. The van der Waals surface area contributed by atoms with Crippen molar-refractivity contribution in [3.05, 3.63) is 28.2 Å². The number of carbonyl (C=O) groups is 1. The maximum Gasteiger partial charge on any atom is 0.246 e. The minimum absolute atomic E-state index is 0.0454. The van der Waals surface area contributed by atoms with E-state index in [4.69, 9.17) is 11.6 Å². The van der Waals surface area contributed by atoms with E-state index in [1.54, 1.807) is 5.51 Å². The number of benzene rings is 1. The van der Waals surface area contributed by atoms with Crippen LogP contribution in [-0.4, -0.2) is 22.6 Å². The monoisotopic (exact) mass is 326 g/mol. The quantitative estimate of drug-likeness (QED) is 0.904. The molecule has 3 rings (SSSR count). The molecule has 8 heteroatoms. The second kappa shape index (κ2) is 5.69. The van der Waals surface area contributed by atoms with Crippen LogP contribution in [0.3, 0.4) is 0 Å². The molecular formula is C12H11ClN4OS2. The summed E-state index contributed by atoms with van der Waals surface area (Å²) in [6.45, 7) is 2.68. The number of nitrogens with one attached hydrogen (secondary N) is 2. The highest BCUT2D eigenvalue weighted by molar-refractivity contribution is 8.01. The fourth-order valence-electron chi connectivity index (χ4n) is 2.05. The van der Waals surface area contributed by atoms with Crippen molar-refractivity contribution >= 4 is 46.3 Å². The van der Waals surface area contributed by atoms with Crippen LogP contribution in [0.25, 0.3) is 0 Å². The topological polar surface area (TPSA) is 66.9 Å². The third kappa shape index (κ3) is 2.54. The van der Waals surface area contributed by atoms with E-state index in [9.17, 15) is 4.79 Å². The highest BCUT2D eigenvalue weighted by Gasteiger charge is 2.30. The summed E-state index contributed by atoms with van der Waals surface area (Å²) in [4.78, 5) is 12.8. The van der Waals surface area contributed by atoms with Crippen molar-refractivity contribution in [2.75, 3.05) is 11.9 Å². The van der Waals surface area contributed by atoms with E-state index in [1.165, 1.54) is 23.1 Å². The Labute approximate surface area is 129 Å². The maximum absolute atomic E-state index is 11.9. The number of halogens is 1. The van der Waals surface area contributed by atoms with Gasteiger partial charge in [-0.2, -0.15) is 0 Å². The van der Waals surface area contributed by atoms with E-state index in [2.05, 4.69) is 20.8 Å². The van der Waals surface area contributed by atoms with Gasteiger partial charge in [0, 0.05) is 16.1 Å². The van der Waals surface area contributed by atoms with E-state index >= 15 is 0 Å². The Morgan fingerprint density at radius 3 is 3.10 bits per heavy atom. The first kappa shape index (κ1) is 13.8. The van der Waals surface area contributed by atoms with Gasteiger partial charge in [-0.05, 0) is 18.7 Å². The van der Waals surface area contributed by atoms with Gasteiger partial charge in [-0.15, -0.1) is 10.2 Å². The summed E-state index contributed by atoms with van der Waals surface area (Å²) in [5.74, 6) is -0.0454. The van der Waals surface area contributed by atoms with E-state index in [-0.39, 0.29) is 11.9 Å². The Bertz CT molecular complexity index is 647. The van der Waals surface area contributed by atoms with Gasteiger partial charge >= 0.3 is 0 Å².